The van der Waals surface area contributed by atoms with Gasteiger partial charge < -0.3 is 0 Å². The van der Waals surface area contributed by atoms with Crippen LogP contribution in [0.25, 0.3) is 11.4 Å². The van der Waals surface area contributed by atoms with E-state index in [1.165, 1.54) is 13.8 Å². The van der Waals surface area contributed by atoms with Crippen molar-refractivity contribution in [3.63, 3.8) is 0 Å². The molecule has 5 nitrogen and oxygen atoms in total. The third-order valence-corrected chi connectivity index (χ3v) is 3.50. The van der Waals surface area contributed by atoms with Gasteiger partial charge in [0, 0.05) is 30.5 Å². The zero-order chi connectivity index (χ0) is 16.4. The number of rotatable bonds is 4. The Morgan fingerprint density at radius 2 is 1.55 bits per heavy atom. The summed E-state index contributed by atoms with van der Waals surface area (Å²) in [5, 5.41) is 0. The molecule has 0 spiro atoms. The lowest BCUT2D eigenvalue weighted by Crippen LogP contribution is -2.12. The summed E-state index contributed by atoms with van der Waals surface area (Å²) in [7, 11) is 0. The molecule has 1 heterocycles. The number of aryl methyl sites for hydroxylation is 1. The Labute approximate surface area is 128 Å². The third kappa shape index (κ3) is 2.70. The minimum absolute atomic E-state index is 0.202. The van der Waals surface area contributed by atoms with E-state index in [-0.39, 0.29) is 28.8 Å². The summed E-state index contributed by atoms with van der Waals surface area (Å²) in [5.41, 5.74) is 2.62. The Balaban J connectivity index is 2.82. The van der Waals surface area contributed by atoms with Crippen molar-refractivity contribution in [3.8, 4) is 11.4 Å². The lowest BCUT2D eigenvalue weighted by atomic mass is 10.0. The number of Topliss-reactive ketones (excluding diaryl/α,β-unsaturated/α-hetero) is 2. The van der Waals surface area contributed by atoms with Crippen LogP contribution in [0.4, 0.5) is 0 Å². The quantitative estimate of drug-likeness (QED) is 0.640. The first-order valence-electron chi connectivity index (χ1n) is 6.82. The van der Waals surface area contributed by atoms with Gasteiger partial charge in [0.25, 0.3) is 0 Å². The van der Waals surface area contributed by atoms with Crippen molar-refractivity contribution in [2.24, 2.45) is 0 Å². The Kier molecular flexibility index (Phi) is 4.26. The van der Waals surface area contributed by atoms with Gasteiger partial charge in [0.15, 0.2) is 23.7 Å². The molecule has 0 aliphatic heterocycles. The fraction of sp³-hybridized carbons (Fsp3) is 0.235. The summed E-state index contributed by atoms with van der Waals surface area (Å²) >= 11 is 0. The fourth-order valence-electron chi connectivity index (χ4n) is 2.35. The van der Waals surface area contributed by atoms with E-state index in [0.717, 1.165) is 11.8 Å². The smallest absolute Gasteiger partial charge is 0.178 e. The first-order valence-corrected chi connectivity index (χ1v) is 6.82. The van der Waals surface area contributed by atoms with Gasteiger partial charge in [-0.15, -0.1) is 0 Å². The van der Waals surface area contributed by atoms with Crippen molar-refractivity contribution in [1.82, 2.24) is 9.97 Å². The number of aldehydes is 1. The number of carbonyl (C=O) groups is 3. The van der Waals surface area contributed by atoms with Crippen molar-refractivity contribution in [2.45, 2.75) is 27.7 Å². The summed E-state index contributed by atoms with van der Waals surface area (Å²) in [6.45, 7) is 6.23. The Bertz CT molecular complexity index is 759. The van der Waals surface area contributed by atoms with Crippen LogP contribution in [0, 0.1) is 13.8 Å². The molecule has 0 saturated carbocycles. The van der Waals surface area contributed by atoms with Crippen LogP contribution in [-0.2, 0) is 0 Å². The lowest BCUT2D eigenvalue weighted by Gasteiger charge is -2.11. The molecule has 0 atom stereocenters. The molecule has 1 aromatic carbocycles. The molecule has 1 aromatic heterocycles. The highest BCUT2D eigenvalue weighted by molar-refractivity contribution is 6.00. The van der Waals surface area contributed by atoms with Crippen LogP contribution in [-0.4, -0.2) is 27.8 Å². The predicted molar refractivity (Wildman–Crippen MR) is 82.3 cm³/mol. The molecule has 5 heteroatoms. The molecule has 0 aliphatic rings. The number of benzene rings is 1. The van der Waals surface area contributed by atoms with Crippen LogP contribution in [0.2, 0.25) is 0 Å². The van der Waals surface area contributed by atoms with E-state index in [4.69, 9.17) is 0 Å². The van der Waals surface area contributed by atoms with Crippen LogP contribution in [0.1, 0.15) is 56.3 Å². The van der Waals surface area contributed by atoms with Gasteiger partial charge in [0.1, 0.15) is 11.4 Å². The highest BCUT2D eigenvalue weighted by Crippen LogP contribution is 2.24. The monoisotopic (exact) mass is 296 g/mol. The zero-order valence-electron chi connectivity index (χ0n) is 12.9. The van der Waals surface area contributed by atoms with Crippen molar-refractivity contribution in [2.75, 3.05) is 0 Å². The molecule has 112 valence electrons. The van der Waals surface area contributed by atoms with Gasteiger partial charge in [0.05, 0.1) is 0 Å². The minimum atomic E-state index is -0.246. The molecule has 0 bridgehead atoms. The van der Waals surface area contributed by atoms with Crippen LogP contribution in [0.5, 0.6) is 0 Å². The average Bonchev–Trinajstić information content (AvgIpc) is 2.46. The molecule has 0 aliphatic carbocycles. The van der Waals surface area contributed by atoms with Gasteiger partial charge in [-0.1, -0.05) is 18.2 Å². The first kappa shape index (κ1) is 15.7. The van der Waals surface area contributed by atoms with E-state index in [1.807, 2.05) is 0 Å². The highest BCUT2D eigenvalue weighted by atomic mass is 16.1. The molecule has 0 unspecified atom stereocenters. The summed E-state index contributed by atoms with van der Waals surface area (Å²) in [4.78, 5) is 43.4. The van der Waals surface area contributed by atoms with Crippen molar-refractivity contribution in [3.05, 3.63) is 46.3 Å². The second-order valence-corrected chi connectivity index (χ2v) is 5.14. The second kappa shape index (κ2) is 5.97. The molecule has 0 fully saturated rings. The Hall–Kier alpha value is -2.69. The SMILES string of the molecule is CC(=O)c1nc(-c2cccc(C)c2C=O)nc(C(C)=O)c1C. The number of hydrogen-bond donors (Lipinski definition) is 0. The number of nitrogens with zero attached hydrogens (tertiary/aromatic N) is 2. The number of ketones is 2. The van der Waals surface area contributed by atoms with Crippen molar-refractivity contribution >= 4 is 17.9 Å². The summed E-state index contributed by atoms with van der Waals surface area (Å²) in [5.74, 6) is -0.278. The van der Waals surface area contributed by atoms with Crippen LogP contribution >= 0.6 is 0 Å². The molecule has 2 rings (SSSR count). The van der Waals surface area contributed by atoms with Crippen LogP contribution in [0.3, 0.4) is 0 Å². The lowest BCUT2D eigenvalue weighted by molar-refractivity contribution is 0.101. The Morgan fingerprint density at radius 1 is 1.00 bits per heavy atom. The van der Waals surface area contributed by atoms with E-state index in [1.54, 1.807) is 32.0 Å². The molecule has 0 saturated heterocycles. The van der Waals surface area contributed by atoms with E-state index < -0.39 is 0 Å². The summed E-state index contributed by atoms with van der Waals surface area (Å²) in [6, 6.07) is 5.29. The molecule has 2 aromatic rings. The zero-order valence-corrected chi connectivity index (χ0v) is 12.9. The van der Waals surface area contributed by atoms with Gasteiger partial charge in [-0.25, -0.2) is 9.97 Å². The fourth-order valence-corrected chi connectivity index (χ4v) is 2.35. The second-order valence-electron chi connectivity index (χ2n) is 5.14. The first-order chi connectivity index (χ1) is 10.4. The van der Waals surface area contributed by atoms with Gasteiger partial charge >= 0.3 is 0 Å². The predicted octanol–water partition coefficient (Wildman–Crippen LogP) is 2.98. The Morgan fingerprint density at radius 3 is 2.00 bits per heavy atom. The van der Waals surface area contributed by atoms with Gasteiger partial charge in [-0.2, -0.15) is 0 Å². The van der Waals surface area contributed by atoms with E-state index in [9.17, 15) is 14.4 Å². The summed E-state index contributed by atoms with van der Waals surface area (Å²) in [6.07, 6.45) is 0.731. The molecular formula is C17H16N2O3. The number of carbonyl (C=O) groups excluding carboxylic acids is 3. The van der Waals surface area contributed by atoms with Gasteiger partial charge in [-0.05, 0) is 19.4 Å². The molecule has 0 amide bonds. The molecule has 0 radical (unpaired) electrons. The van der Waals surface area contributed by atoms with Crippen molar-refractivity contribution in [1.29, 1.82) is 0 Å². The maximum atomic E-state index is 11.8. The van der Waals surface area contributed by atoms with Gasteiger partial charge in [0.2, 0.25) is 0 Å². The normalized spacial score (nSPS) is 10.4. The molecule has 0 N–H and O–H groups in total. The molecular weight excluding hydrogens is 280 g/mol. The summed E-state index contributed by atoms with van der Waals surface area (Å²) < 4.78 is 0. The van der Waals surface area contributed by atoms with Crippen LogP contribution in [0.15, 0.2) is 18.2 Å². The maximum Gasteiger partial charge on any atom is 0.178 e. The average molecular weight is 296 g/mol. The molecule has 22 heavy (non-hydrogen) atoms. The van der Waals surface area contributed by atoms with E-state index in [0.29, 0.717) is 16.7 Å². The number of aromatic nitrogens is 2. The van der Waals surface area contributed by atoms with E-state index >= 15 is 0 Å². The van der Waals surface area contributed by atoms with Crippen LogP contribution < -0.4 is 0 Å². The standard InChI is InChI=1S/C17H16N2O3/c1-9-6-5-7-13(14(9)8-20)17-18-15(11(3)21)10(2)16(19-17)12(4)22/h5-8H,1-4H3. The maximum absolute atomic E-state index is 11.8. The van der Waals surface area contributed by atoms with E-state index in [2.05, 4.69) is 9.97 Å². The number of hydrogen-bond acceptors (Lipinski definition) is 5. The topological polar surface area (TPSA) is 77.0 Å². The minimum Gasteiger partial charge on any atom is -0.298 e. The largest absolute Gasteiger partial charge is 0.298 e. The van der Waals surface area contributed by atoms with Crippen molar-refractivity contribution < 1.29 is 14.4 Å². The highest BCUT2D eigenvalue weighted by Gasteiger charge is 2.19. The third-order valence-electron chi connectivity index (χ3n) is 3.50. The van der Waals surface area contributed by atoms with Gasteiger partial charge in [-0.3, -0.25) is 14.4 Å².